The summed E-state index contributed by atoms with van der Waals surface area (Å²) in [7, 11) is 1.34. The summed E-state index contributed by atoms with van der Waals surface area (Å²) in [6, 6.07) is 3.49. The van der Waals surface area contributed by atoms with Gasteiger partial charge in [-0.25, -0.2) is 9.78 Å². The van der Waals surface area contributed by atoms with E-state index in [4.69, 9.17) is 15.2 Å². The molecule has 110 valence electrons. The van der Waals surface area contributed by atoms with Gasteiger partial charge < -0.3 is 20.1 Å². The molecule has 2 rings (SSSR count). The molecule has 2 N–H and O–H groups in total. The number of nitrogen functional groups attached to an aromatic ring is 1. The van der Waals surface area contributed by atoms with E-state index in [1.54, 1.807) is 12.1 Å². The summed E-state index contributed by atoms with van der Waals surface area (Å²) < 4.78 is 10.4. The van der Waals surface area contributed by atoms with E-state index in [0.717, 1.165) is 6.42 Å². The van der Waals surface area contributed by atoms with Gasteiger partial charge in [0.05, 0.1) is 31.5 Å². The zero-order chi connectivity index (χ0) is 14.7. The van der Waals surface area contributed by atoms with Crippen LogP contribution >= 0.6 is 0 Å². The molecule has 0 amide bonds. The number of carbonyl (C=O) groups is 1. The number of aromatic nitrogens is 1. The molecule has 0 spiro atoms. The van der Waals surface area contributed by atoms with Crippen LogP contribution in [0.1, 0.15) is 30.8 Å². The van der Waals surface area contributed by atoms with E-state index in [0.29, 0.717) is 24.7 Å². The Morgan fingerprint density at radius 3 is 3.00 bits per heavy atom. The van der Waals surface area contributed by atoms with Crippen LogP contribution in [0.4, 0.5) is 11.5 Å². The molecule has 1 saturated heterocycles. The molecule has 2 unspecified atom stereocenters. The van der Waals surface area contributed by atoms with Crippen molar-refractivity contribution >= 4 is 17.5 Å². The van der Waals surface area contributed by atoms with E-state index >= 15 is 0 Å². The van der Waals surface area contributed by atoms with E-state index in [1.807, 2.05) is 6.92 Å². The molecule has 0 aliphatic carbocycles. The number of carbonyl (C=O) groups excluding carboxylic acids is 1. The Hall–Kier alpha value is -1.82. The second-order valence-corrected chi connectivity index (χ2v) is 4.96. The van der Waals surface area contributed by atoms with Gasteiger partial charge in [-0.3, -0.25) is 0 Å². The number of hydrogen-bond acceptors (Lipinski definition) is 6. The number of anilines is 2. The molecule has 1 aromatic rings. The van der Waals surface area contributed by atoms with Crippen LogP contribution in [-0.2, 0) is 9.47 Å². The van der Waals surface area contributed by atoms with Gasteiger partial charge in [0.25, 0.3) is 0 Å². The fraction of sp³-hybridized carbons (Fsp3) is 0.571. The van der Waals surface area contributed by atoms with Crippen LogP contribution in [0.5, 0.6) is 0 Å². The minimum absolute atomic E-state index is 0.112. The number of methoxy groups -OCH3 is 1. The van der Waals surface area contributed by atoms with Crippen LogP contribution in [-0.4, -0.2) is 43.4 Å². The van der Waals surface area contributed by atoms with Crippen molar-refractivity contribution in [2.24, 2.45) is 0 Å². The predicted molar refractivity (Wildman–Crippen MR) is 76.8 cm³/mol. The molecule has 2 atom stereocenters. The Bertz CT molecular complexity index is 493. The first-order valence-corrected chi connectivity index (χ1v) is 6.79. The summed E-state index contributed by atoms with van der Waals surface area (Å²) >= 11 is 0. The highest BCUT2D eigenvalue weighted by molar-refractivity contribution is 5.88. The lowest BCUT2D eigenvalue weighted by Gasteiger charge is -2.39. The standard InChI is InChI=1S/C14H21N3O3/c1-4-10-8-20-9(2)7-17(10)13-11(15)5-6-12(16-13)14(18)19-3/h5-6,9-10H,4,7-8,15H2,1-3H3. The van der Waals surface area contributed by atoms with Gasteiger partial charge in [0.1, 0.15) is 0 Å². The number of rotatable bonds is 3. The van der Waals surface area contributed by atoms with E-state index in [2.05, 4.69) is 16.8 Å². The van der Waals surface area contributed by atoms with Crippen LogP contribution in [0.2, 0.25) is 0 Å². The minimum atomic E-state index is -0.458. The molecule has 20 heavy (non-hydrogen) atoms. The lowest BCUT2D eigenvalue weighted by atomic mass is 10.1. The molecule has 1 fully saturated rings. The third kappa shape index (κ3) is 2.85. The van der Waals surface area contributed by atoms with Gasteiger partial charge in [-0.1, -0.05) is 6.92 Å². The van der Waals surface area contributed by atoms with Gasteiger partial charge >= 0.3 is 5.97 Å². The van der Waals surface area contributed by atoms with Gasteiger partial charge in [0.2, 0.25) is 0 Å². The summed E-state index contributed by atoms with van der Waals surface area (Å²) in [4.78, 5) is 18.1. The number of morpholine rings is 1. The van der Waals surface area contributed by atoms with Gasteiger partial charge in [-0.15, -0.1) is 0 Å². The Labute approximate surface area is 118 Å². The number of nitrogens with two attached hydrogens (primary N) is 1. The highest BCUT2D eigenvalue weighted by atomic mass is 16.5. The van der Waals surface area contributed by atoms with Crippen LogP contribution in [0.15, 0.2) is 12.1 Å². The van der Waals surface area contributed by atoms with Crippen molar-refractivity contribution in [2.45, 2.75) is 32.4 Å². The number of nitrogens with zero attached hydrogens (tertiary/aromatic N) is 2. The third-order valence-electron chi connectivity index (χ3n) is 3.51. The van der Waals surface area contributed by atoms with E-state index in [-0.39, 0.29) is 17.8 Å². The summed E-state index contributed by atoms with van der Waals surface area (Å²) in [5.41, 5.74) is 6.86. The molecule has 1 aromatic heterocycles. The van der Waals surface area contributed by atoms with E-state index < -0.39 is 5.97 Å². The van der Waals surface area contributed by atoms with Crippen molar-refractivity contribution in [2.75, 3.05) is 30.9 Å². The third-order valence-corrected chi connectivity index (χ3v) is 3.51. The molecule has 0 bridgehead atoms. The van der Waals surface area contributed by atoms with Crippen molar-refractivity contribution in [3.8, 4) is 0 Å². The van der Waals surface area contributed by atoms with Gasteiger partial charge in [-0.05, 0) is 25.5 Å². The Kier molecular flexibility index (Phi) is 4.44. The van der Waals surface area contributed by atoms with Gasteiger partial charge in [-0.2, -0.15) is 0 Å². The maximum atomic E-state index is 11.6. The highest BCUT2D eigenvalue weighted by Gasteiger charge is 2.28. The first kappa shape index (κ1) is 14.6. The fourth-order valence-corrected chi connectivity index (χ4v) is 2.35. The Balaban J connectivity index is 2.36. The number of esters is 1. The van der Waals surface area contributed by atoms with Crippen LogP contribution < -0.4 is 10.6 Å². The molecule has 6 nitrogen and oxygen atoms in total. The topological polar surface area (TPSA) is 77.7 Å². The summed E-state index contributed by atoms with van der Waals surface area (Å²) in [6.45, 7) is 5.46. The normalized spacial score (nSPS) is 22.6. The van der Waals surface area contributed by atoms with Crippen LogP contribution in [0, 0.1) is 0 Å². The zero-order valence-corrected chi connectivity index (χ0v) is 12.1. The first-order valence-electron chi connectivity index (χ1n) is 6.79. The zero-order valence-electron chi connectivity index (χ0n) is 12.1. The van der Waals surface area contributed by atoms with Crippen molar-refractivity contribution < 1.29 is 14.3 Å². The SMILES string of the molecule is CCC1COC(C)CN1c1nc(C(=O)OC)ccc1N. The molecule has 0 radical (unpaired) electrons. The number of hydrogen-bond donors (Lipinski definition) is 1. The smallest absolute Gasteiger partial charge is 0.356 e. The Morgan fingerprint density at radius 2 is 2.35 bits per heavy atom. The van der Waals surface area contributed by atoms with E-state index in [9.17, 15) is 4.79 Å². The van der Waals surface area contributed by atoms with E-state index in [1.165, 1.54) is 7.11 Å². The molecular formula is C14H21N3O3. The molecule has 1 aliphatic heterocycles. The van der Waals surface area contributed by atoms with Crippen molar-refractivity contribution in [1.29, 1.82) is 0 Å². The maximum absolute atomic E-state index is 11.6. The Morgan fingerprint density at radius 1 is 1.60 bits per heavy atom. The molecule has 1 aliphatic rings. The highest BCUT2D eigenvalue weighted by Crippen LogP contribution is 2.27. The summed E-state index contributed by atoms with van der Waals surface area (Å²) in [5, 5.41) is 0. The average Bonchev–Trinajstić information content (AvgIpc) is 2.47. The predicted octanol–water partition coefficient (Wildman–Crippen LogP) is 1.45. The van der Waals surface area contributed by atoms with Crippen LogP contribution in [0.3, 0.4) is 0 Å². The van der Waals surface area contributed by atoms with Crippen molar-refractivity contribution in [3.05, 3.63) is 17.8 Å². The monoisotopic (exact) mass is 279 g/mol. The molecule has 2 heterocycles. The second kappa shape index (κ2) is 6.09. The molecular weight excluding hydrogens is 258 g/mol. The van der Waals surface area contributed by atoms with Crippen molar-refractivity contribution in [3.63, 3.8) is 0 Å². The summed E-state index contributed by atoms with van der Waals surface area (Å²) in [5.74, 6) is 0.176. The van der Waals surface area contributed by atoms with Gasteiger partial charge in [0.15, 0.2) is 11.5 Å². The second-order valence-electron chi connectivity index (χ2n) is 4.96. The molecule has 0 saturated carbocycles. The fourth-order valence-electron chi connectivity index (χ4n) is 2.35. The number of pyridine rings is 1. The number of ether oxygens (including phenoxy) is 2. The minimum Gasteiger partial charge on any atom is -0.464 e. The van der Waals surface area contributed by atoms with Crippen molar-refractivity contribution in [1.82, 2.24) is 4.98 Å². The lowest BCUT2D eigenvalue weighted by molar-refractivity contribution is 0.0296. The molecule has 0 aromatic carbocycles. The average molecular weight is 279 g/mol. The molecule has 6 heteroatoms. The van der Waals surface area contributed by atoms with Crippen LogP contribution in [0.25, 0.3) is 0 Å². The largest absolute Gasteiger partial charge is 0.464 e. The maximum Gasteiger partial charge on any atom is 0.356 e. The lowest BCUT2D eigenvalue weighted by Crippen LogP contribution is -2.49. The quantitative estimate of drug-likeness (QED) is 0.844. The summed E-state index contributed by atoms with van der Waals surface area (Å²) in [6.07, 6.45) is 1.04. The van der Waals surface area contributed by atoms with Gasteiger partial charge in [0, 0.05) is 6.54 Å². The first-order chi connectivity index (χ1) is 9.56.